The van der Waals surface area contributed by atoms with Crippen molar-refractivity contribution in [3.05, 3.63) is 65.5 Å². The Morgan fingerprint density at radius 1 is 1.28 bits per heavy atom. The maximum Gasteiger partial charge on any atom is 0.337 e. The second-order valence-electron chi connectivity index (χ2n) is 6.46. The first kappa shape index (κ1) is 15.8. The van der Waals surface area contributed by atoms with E-state index in [0.717, 1.165) is 36.4 Å². The number of methoxy groups -OCH3 is 1. The molecular formula is C20H21N3O2. The van der Waals surface area contributed by atoms with Crippen molar-refractivity contribution in [2.45, 2.75) is 25.4 Å². The number of carbonyl (C=O) groups excluding carboxylic acids is 1. The van der Waals surface area contributed by atoms with E-state index in [1.165, 1.54) is 19.1 Å². The van der Waals surface area contributed by atoms with Gasteiger partial charge in [-0.3, -0.25) is 4.90 Å². The topological polar surface area (TPSA) is 58.2 Å². The number of carbonyl (C=O) groups is 1. The van der Waals surface area contributed by atoms with Gasteiger partial charge in [0.2, 0.25) is 0 Å². The van der Waals surface area contributed by atoms with Crippen LogP contribution < -0.4 is 0 Å². The molecule has 0 amide bonds. The lowest BCUT2D eigenvalue weighted by Gasteiger charge is -2.22. The van der Waals surface area contributed by atoms with Crippen molar-refractivity contribution in [2.75, 3.05) is 13.7 Å². The highest BCUT2D eigenvalue weighted by molar-refractivity contribution is 5.93. The van der Waals surface area contributed by atoms with Crippen LogP contribution >= 0.6 is 0 Å². The third kappa shape index (κ3) is 3.15. The van der Waals surface area contributed by atoms with Crippen LogP contribution in [0.1, 0.15) is 40.6 Å². The molecule has 0 spiro atoms. The second kappa shape index (κ2) is 6.69. The number of H-pyrrole nitrogens is 1. The van der Waals surface area contributed by atoms with Crippen LogP contribution in [0, 0.1) is 0 Å². The van der Waals surface area contributed by atoms with E-state index in [1.807, 2.05) is 18.2 Å². The molecule has 1 aliphatic rings. The van der Waals surface area contributed by atoms with Gasteiger partial charge < -0.3 is 9.72 Å². The Morgan fingerprint density at radius 3 is 2.92 bits per heavy atom. The Morgan fingerprint density at radius 2 is 2.12 bits per heavy atom. The number of nitrogens with zero attached hydrogens (tertiary/aromatic N) is 2. The average molecular weight is 335 g/mol. The summed E-state index contributed by atoms with van der Waals surface area (Å²) in [5.74, 6) is 0.648. The normalized spacial score (nSPS) is 17.9. The molecule has 1 saturated heterocycles. The lowest BCUT2D eigenvalue weighted by molar-refractivity contribution is 0.0601. The van der Waals surface area contributed by atoms with E-state index >= 15 is 0 Å². The van der Waals surface area contributed by atoms with Gasteiger partial charge in [0.1, 0.15) is 5.82 Å². The SMILES string of the molecule is COC(=O)c1ccc2nc([C@@H]3CCCN3Cc3ccccc3)[nH]c2c1. The van der Waals surface area contributed by atoms with Crippen LogP contribution in [0.25, 0.3) is 11.0 Å². The summed E-state index contributed by atoms with van der Waals surface area (Å²) in [7, 11) is 1.39. The number of hydrogen-bond donors (Lipinski definition) is 1. The van der Waals surface area contributed by atoms with Crippen molar-refractivity contribution in [1.29, 1.82) is 0 Å². The molecule has 2 aromatic carbocycles. The molecule has 0 unspecified atom stereocenters. The molecule has 0 bridgehead atoms. The van der Waals surface area contributed by atoms with Crippen LogP contribution in [0.3, 0.4) is 0 Å². The van der Waals surface area contributed by atoms with Gasteiger partial charge >= 0.3 is 5.97 Å². The molecule has 3 aromatic rings. The van der Waals surface area contributed by atoms with Crippen LogP contribution in [0.15, 0.2) is 48.5 Å². The van der Waals surface area contributed by atoms with Crippen molar-refractivity contribution in [2.24, 2.45) is 0 Å². The molecule has 4 rings (SSSR count). The van der Waals surface area contributed by atoms with Crippen LogP contribution in [0.5, 0.6) is 0 Å². The molecular weight excluding hydrogens is 314 g/mol. The molecule has 1 N–H and O–H groups in total. The summed E-state index contributed by atoms with van der Waals surface area (Å²) in [6.07, 6.45) is 2.26. The zero-order valence-electron chi connectivity index (χ0n) is 14.2. The quantitative estimate of drug-likeness (QED) is 0.739. The number of benzene rings is 2. The number of likely N-dealkylation sites (tertiary alicyclic amines) is 1. The molecule has 0 radical (unpaired) electrons. The van der Waals surface area contributed by atoms with Gasteiger partial charge in [0, 0.05) is 6.54 Å². The number of aromatic nitrogens is 2. The number of ether oxygens (including phenoxy) is 1. The summed E-state index contributed by atoms with van der Waals surface area (Å²) in [5, 5.41) is 0. The minimum atomic E-state index is -0.329. The fraction of sp³-hybridized carbons (Fsp3) is 0.300. The summed E-state index contributed by atoms with van der Waals surface area (Å²) in [6.45, 7) is 2.00. The van der Waals surface area contributed by atoms with Crippen molar-refractivity contribution in [3.8, 4) is 0 Å². The van der Waals surface area contributed by atoms with Gasteiger partial charge in [-0.1, -0.05) is 30.3 Å². The Labute approximate surface area is 146 Å². The predicted molar refractivity (Wildman–Crippen MR) is 96.3 cm³/mol. The van der Waals surface area contributed by atoms with Crippen LogP contribution in [-0.4, -0.2) is 34.5 Å². The van der Waals surface area contributed by atoms with E-state index in [-0.39, 0.29) is 12.0 Å². The number of aromatic amines is 1. The number of esters is 1. The van der Waals surface area contributed by atoms with Gasteiger partial charge in [-0.15, -0.1) is 0 Å². The molecule has 1 aromatic heterocycles. The first-order valence-electron chi connectivity index (χ1n) is 8.60. The molecule has 25 heavy (non-hydrogen) atoms. The zero-order valence-corrected chi connectivity index (χ0v) is 14.2. The summed E-state index contributed by atoms with van der Waals surface area (Å²) >= 11 is 0. The molecule has 1 atom stereocenters. The largest absolute Gasteiger partial charge is 0.465 e. The Bertz CT molecular complexity index is 888. The molecule has 2 heterocycles. The highest BCUT2D eigenvalue weighted by atomic mass is 16.5. The molecule has 1 aliphatic heterocycles. The van der Waals surface area contributed by atoms with Gasteiger partial charge in [0.05, 0.1) is 29.7 Å². The van der Waals surface area contributed by atoms with E-state index in [1.54, 1.807) is 6.07 Å². The summed E-state index contributed by atoms with van der Waals surface area (Å²) < 4.78 is 4.79. The highest BCUT2D eigenvalue weighted by Crippen LogP contribution is 2.32. The molecule has 5 heteroatoms. The van der Waals surface area contributed by atoms with Gasteiger partial charge in [0.15, 0.2) is 0 Å². The molecule has 0 aliphatic carbocycles. The Balaban J connectivity index is 1.60. The van der Waals surface area contributed by atoms with Crippen LogP contribution in [0.2, 0.25) is 0 Å². The van der Waals surface area contributed by atoms with Gasteiger partial charge in [0.25, 0.3) is 0 Å². The fourth-order valence-corrected chi connectivity index (χ4v) is 3.57. The molecule has 128 valence electrons. The number of nitrogens with one attached hydrogen (secondary N) is 1. The maximum atomic E-state index is 11.7. The van der Waals surface area contributed by atoms with Crippen molar-refractivity contribution in [1.82, 2.24) is 14.9 Å². The smallest absolute Gasteiger partial charge is 0.337 e. The second-order valence-corrected chi connectivity index (χ2v) is 6.46. The lowest BCUT2D eigenvalue weighted by Crippen LogP contribution is -2.23. The minimum Gasteiger partial charge on any atom is -0.465 e. The number of fused-ring (bicyclic) bond motifs is 1. The van der Waals surface area contributed by atoms with Gasteiger partial charge in [-0.25, -0.2) is 9.78 Å². The van der Waals surface area contributed by atoms with E-state index in [0.29, 0.717) is 5.56 Å². The monoisotopic (exact) mass is 335 g/mol. The van der Waals surface area contributed by atoms with E-state index in [4.69, 9.17) is 9.72 Å². The highest BCUT2D eigenvalue weighted by Gasteiger charge is 2.28. The van der Waals surface area contributed by atoms with Crippen molar-refractivity contribution >= 4 is 17.0 Å². The molecule has 1 fully saturated rings. The lowest BCUT2D eigenvalue weighted by atomic mass is 10.2. The van der Waals surface area contributed by atoms with E-state index in [2.05, 4.69) is 34.1 Å². The van der Waals surface area contributed by atoms with Crippen LogP contribution in [0.4, 0.5) is 0 Å². The van der Waals surface area contributed by atoms with Crippen molar-refractivity contribution in [3.63, 3.8) is 0 Å². The first-order valence-corrected chi connectivity index (χ1v) is 8.60. The zero-order chi connectivity index (χ0) is 17.2. The summed E-state index contributed by atoms with van der Waals surface area (Å²) in [6, 6.07) is 16.3. The van der Waals surface area contributed by atoms with E-state index in [9.17, 15) is 4.79 Å². The Kier molecular flexibility index (Phi) is 4.24. The third-order valence-corrected chi connectivity index (χ3v) is 4.83. The molecule has 5 nitrogen and oxygen atoms in total. The number of rotatable bonds is 4. The van der Waals surface area contributed by atoms with Gasteiger partial charge in [-0.2, -0.15) is 0 Å². The standard InChI is InChI=1S/C20H21N3O2/c1-25-20(24)15-9-10-16-17(12-15)22-19(21-16)18-8-5-11-23(18)13-14-6-3-2-4-7-14/h2-4,6-7,9-10,12,18H,5,8,11,13H2,1H3,(H,21,22)/t18-/m0/s1. The maximum absolute atomic E-state index is 11.7. The predicted octanol–water partition coefficient (Wildman–Crippen LogP) is 3.69. The summed E-state index contributed by atoms with van der Waals surface area (Å²) in [4.78, 5) is 22.4. The number of hydrogen-bond acceptors (Lipinski definition) is 4. The Hall–Kier alpha value is -2.66. The fourth-order valence-electron chi connectivity index (χ4n) is 3.57. The third-order valence-electron chi connectivity index (χ3n) is 4.83. The van der Waals surface area contributed by atoms with Crippen LogP contribution in [-0.2, 0) is 11.3 Å². The van der Waals surface area contributed by atoms with Gasteiger partial charge in [-0.05, 0) is 43.1 Å². The molecule has 0 saturated carbocycles. The minimum absolute atomic E-state index is 0.286. The average Bonchev–Trinajstić information content (AvgIpc) is 3.27. The van der Waals surface area contributed by atoms with E-state index < -0.39 is 0 Å². The first-order chi connectivity index (χ1) is 12.2. The number of imidazole rings is 1. The van der Waals surface area contributed by atoms with Crippen molar-refractivity contribution < 1.29 is 9.53 Å². The summed E-state index contributed by atoms with van der Waals surface area (Å²) in [5.41, 5.74) is 3.62.